The number of rotatable bonds is 8. The molecule has 3 aromatic heterocycles. The third-order valence-corrected chi connectivity index (χ3v) is 8.75. The summed E-state index contributed by atoms with van der Waals surface area (Å²) in [6.45, 7) is 5.10. The fourth-order valence-corrected chi connectivity index (χ4v) is 7.04. The second kappa shape index (κ2) is 10.0. The van der Waals surface area contributed by atoms with Gasteiger partial charge in [-0.15, -0.1) is 11.3 Å². The van der Waals surface area contributed by atoms with Crippen LogP contribution in [0.2, 0.25) is 0 Å². The number of aromatic nitrogens is 4. The van der Waals surface area contributed by atoms with E-state index < -0.39 is 0 Å². The van der Waals surface area contributed by atoms with Crippen LogP contribution < -0.4 is 11.1 Å². The number of fused-ring (bicyclic) bond motifs is 4. The van der Waals surface area contributed by atoms with Gasteiger partial charge in [0, 0.05) is 11.4 Å². The first kappa shape index (κ1) is 23.3. The molecule has 178 valence electrons. The van der Waals surface area contributed by atoms with Crippen molar-refractivity contribution in [3.63, 3.8) is 0 Å². The Balaban J connectivity index is 1.45. The molecule has 1 aliphatic carbocycles. The number of aryl methyl sites for hydroxylation is 1. The molecule has 8 heteroatoms. The van der Waals surface area contributed by atoms with Gasteiger partial charge in [-0.2, -0.15) is 0 Å². The van der Waals surface area contributed by atoms with E-state index >= 15 is 0 Å². The van der Waals surface area contributed by atoms with Crippen LogP contribution >= 0.6 is 23.1 Å². The molecule has 0 saturated heterocycles. The average molecular weight is 495 g/mol. The van der Waals surface area contributed by atoms with Gasteiger partial charge in [0.15, 0.2) is 5.16 Å². The van der Waals surface area contributed by atoms with Crippen molar-refractivity contribution in [3.05, 3.63) is 61.2 Å². The zero-order chi connectivity index (χ0) is 23.7. The Kier molecular flexibility index (Phi) is 6.88. The van der Waals surface area contributed by atoms with Gasteiger partial charge in [-0.1, -0.05) is 57.0 Å². The third-order valence-electron chi connectivity index (χ3n) is 6.61. The first-order valence-electron chi connectivity index (χ1n) is 12.2. The summed E-state index contributed by atoms with van der Waals surface area (Å²) in [5.74, 6) is 1.75. The van der Waals surface area contributed by atoms with Crippen LogP contribution in [0, 0.1) is 5.92 Å². The van der Waals surface area contributed by atoms with Gasteiger partial charge in [0.2, 0.25) is 0 Å². The number of H-pyrrole nitrogens is 1. The summed E-state index contributed by atoms with van der Waals surface area (Å²) in [5, 5.41) is 2.10. The molecule has 0 radical (unpaired) electrons. The second-order valence-corrected chi connectivity index (χ2v) is 11.3. The Morgan fingerprint density at radius 3 is 2.88 bits per heavy atom. The first-order chi connectivity index (χ1) is 16.5. The number of thiophene rings is 1. The Morgan fingerprint density at radius 2 is 2.03 bits per heavy atom. The van der Waals surface area contributed by atoms with E-state index in [-0.39, 0.29) is 11.1 Å². The predicted octanol–water partition coefficient (Wildman–Crippen LogP) is 5.69. The molecular formula is C26H30N4O2S2. The summed E-state index contributed by atoms with van der Waals surface area (Å²) in [5.41, 5.74) is 1.86. The normalized spacial score (nSPS) is 15.8. The number of benzene rings is 1. The van der Waals surface area contributed by atoms with E-state index in [0.717, 1.165) is 55.2 Å². The summed E-state index contributed by atoms with van der Waals surface area (Å²) < 4.78 is 1.80. The SMILES string of the molecule is CCCCCCn1c(SCc2nc3sc4c(c3c(=O)[nH]2)CCC(C)C4)nc2ccccc2c1=O. The molecule has 1 aromatic carbocycles. The molecule has 6 nitrogen and oxygen atoms in total. The molecule has 34 heavy (non-hydrogen) atoms. The lowest BCUT2D eigenvalue weighted by Gasteiger charge is -2.17. The van der Waals surface area contributed by atoms with Gasteiger partial charge in [-0.3, -0.25) is 14.2 Å². The number of thioether (sulfide) groups is 1. The van der Waals surface area contributed by atoms with Gasteiger partial charge in [0.25, 0.3) is 11.1 Å². The molecule has 0 saturated carbocycles. The Labute approximate surface area is 206 Å². The van der Waals surface area contributed by atoms with Crippen molar-refractivity contribution in [2.24, 2.45) is 5.92 Å². The minimum atomic E-state index is -0.0453. The summed E-state index contributed by atoms with van der Waals surface area (Å²) in [4.78, 5) is 41.0. The number of aromatic amines is 1. The van der Waals surface area contributed by atoms with Crippen molar-refractivity contribution in [1.82, 2.24) is 19.5 Å². The largest absolute Gasteiger partial charge is 0.309 e. The van der Waals surface area contributed by atoms with Gasteiger partial charge in [-0.25, -0.2) is 9.97 Å². The van der Waals surface area contributed by atoms with Crippen molar-refractivity contribution < 1.29 is 0 Å². The standard InChI is InChI=1S/C26H30N4O2S2/c1-3-4-5-8-13-30-25(32)17-9-6-7-10-19(17)27-26(30)33-15-21-28-23(31)22-18-12-11-16(2)14-20(18)34-24(22)29-21/h6-7,9-10,16H,3-5,8,11-15H2,1-2H3,(H,28,29,31). The maximum atomic E-state index is 13.2. The number of hydrogen-bond acceptors (Lipinski definition) is 6. The summed E-state index contributed by atoms with van der Waals surface area (Å²) in [7, 11) is 0. The number of unbranched alkanes of at least 4 members (excludes halogenated alkanes) is 3. The van der Waals surface area contributed by atoms with Gasteiger partial charge in [0.1, 0.15) is 10.7 Å². The molecule has 0 spiro atoms. The third kappa shape index (κ3) is 4.58. The molecule has 5 rings (SSSR count). The van der Waals surface area contributed by atoms with Crippen LogP contribution in [0.15, 0.2) is 39.0 Å². The lowest BCUT2D eigenvalue weighted by Crippen LogP contribution is -2.23. The van der Waals surface area contributed by atoms with Gasteiger partial charge in [0.05, 0.1) is 22.0 Å². The van der Waals surface area contributed by atoms with Crippen molar-refractivity contribution in [3.8, 4) is 0 Å². The molecule has 4 aromatic rings. The quantitative estimate of drug-likeness (QED) is 0.193. The molecular weight excluding hydrogens is 464 g/mol. The number of nitrogens with zero attached hydrogens (tertiary/aromatic N) is 3. The highest BCUT2D eigenvalue weighted by Crippen LogP contribution is 2.35. The highest BCUT2D eigenvalue weighted by molar-refractivity contribution is 7.98. The zero-order valence-corrected chi connectivity index (χ0v) is 21.4. The molecule has 1 unspecified atom stereocenters. The highest BCUT2D eigenvalue weighted by Gasteiger charge is 2.23. The van der Waals surface area contributed by atoms with Crippen LogP contribution in [-0.2, 0) is 25.1 Å². The van der Waals surface area contributed by atoms with Gasteiger partial charge in [-0.05, 0) is 49.3 Å². The fraction of sp³-hybridized carbons (Fsp3) is 0.462. The lowest BCUT2D eigenvalue weighted by atomic mass is 9.89. The van der Waals surface area contributed by atoms with Crippen molar-refractivity contribution in [2.75, 3.05) is 0 Å². The summed E-state index contributed by atoms with van der Waals surface area (Å²) in [6.07, 6.45) is 7.46. The Morgan fingerprint density at radius 1 is 1.18 bits per heavy atom. The van der Waals surface area contributed by atoms with Crippen LogP contribution in [0.4, 0.5) is 0 Å². The van der Waals surface area contributed by atoms with Crippen molar-refractivity contribution in [1.29, 1.82) is 0 Å². The Hall–Kier alpha value is -2.45. The molecule has 1 N–H and O–H groups in total. The molecule has 0 fully saturated rings. The van der Waals surface area contributed by atoms with E-state index in [1.165, 1.54) is 22.2 Å². The van der Waals surface area contributed by atoms with E-state index in [4.69, 9.17) is 9.97 Å². The predicted molar refractivity (Wildman–Crippen MR) is 141 cm³/mol. The number of nitrogens with one attached hydrogen (secondary N) is 1. The molecule has 0 aliphatic heterocycles. The fourth-order valence-electron chi connectivity index (χ4n) is 4.75. The van der Waals surface area contributed by atoms with Crippen LogP contribution in [0.25, 0.3) is 21.1 Å². The Bertz CT molecular complexity index is 1450. The summed E-state index contributed by atoms with van der Waals surface area (Å²) >= 11 is 3.13. The first-order valence-corrected chi connectivity index (χ1v) is 14.0. The highest BCUT2D eigenvalue weighted by atomic mass is 32.2. The summed E-state index contributed by atoms with van der Waals surface area (Å²) in [6, 6.07) is 7.51. The van der Waals surface area contributed by atoms with E-state index in [9.17, 15) is 9.59 Å². The smallest absolute Gasteiger partial charge is 0.262 e. The maximum absolute atomic E-state index is 13.2. The van der Waals surface area contributed by atoms with Crippen molar-refractivity contribution >= 4 is 44.2 Å². The molecule has 3 heterocycles. The minimum absolute atomic E-state index is 0.00144. The average Bonchev–Trinajstić information content (AvgIpc) is 3.19. The number of para-hydroxylation sites is 1. The topological polar surface area (TPSA) is 80.6 Å². The minimum Gasteiger partial charge on any atom is -0.309 e. The van der Waals surface area contributed by atoms with Gasteiger partial charge >= 0.3 is 0 Å². The number of hydrogen-bond donors (Lipinski definition) is 1. The molecule has 1 atom stereocenters. The van der Waals surface area contributed by atoms with Crippen LogP contribution in [0.3, 0.4) is 0 Å². The lowest BCUT2D eigenvalue weighted by molar-refractivity contribution is 0.509. The van der Waals surface area contributed by atoms with Crippen molar-refractivity contribution in [2.45, 2.75) is 76.2 Å². The second-order valence-electron chi connectivity index (χ2n) is 9.26. The van der Waals surface area contributed by atoms with Crippen LogP contribution in [0.1, 0.15) is 62.2 Å². The van der Waals surface area contributed by atoms with E-state index in [1.54, 1.807) is 15.9 Å². The molecule has 0 amide bonds. The van der Waals surface area contributed by atoms with E-state index in [1.807, 2.05) is 24.3 Å². The van der Waals surface area contributed by atoms with Crippen LogP contribution in [-0.4, -0.2) is 19.5 Å². The zero-order valence-electron chi connectivity index (χ0n) is 19.7. The van der Waals surface area contributed by atoms with E-state index in [2.05, 4.69) is 18.8 Å². The monoisotopic (exact) mass is 494 g/mol. The van der Waals surface area contributed by atoms with Gasteiger partial charge < -0.3 is 4.98 Å². The molecule has 0 bridgehead atoms. The van der Waals surface area contributed by atoms with Crippen LogP contribution in [0.5, 0.6) is 0 Å². The maximum Gasteiger partial charge on any atom is 0.262 e. The molecule has 1 aliphatic rings. The van der Waals surface area contributed by atoms with E-state index in [0.29, 0.717) is 40.1 Å².